The van der Waals surface area contributed by atoms with Crippen LogP contribution in [0, 0.1) is 25.7 Å². The standard InChI is InChI=1S/C28H36N4O2/c1-18(2)21(5)29-27(33)22-12-14-31(15-13-22)17-32-28(34)24-9-7-6-8-23(24)26(30-32)25-16-19(3)10-11-20(25)4/h6-11,16,18,21-22H,12-15,17H2,1-5H3,(H,29,33). The van der Waals surface area contributed by atoms with E-state index in [2.05, 4.69) is 63.0 Å². The summed E-state index contributed by atoms with van der Waals surface area (Å²) >= 11 is 0. The Hall–Kier alpha value is -2.99. The van der Waals surface area contributed by atoms with Crippen molar-refractivity contribution in [3.63, 3.8) is 0 Å². The number of aryl methyl sites for hydroxylation is 2. The molecule has 0 saturated carbocycles. The molecule has 0 radical (unpaired) electrons. The number of aromatic nitrogens is 2. The Balaban J connectivity index is 1.57. The van der Waals surface area contributed by atoms with Crippen molar-refractivity contribution in [2.45, 2.75) is 60.2 Å². The molecule has 1 saturated heterocycles. The van der Waals surface area contributed by atoms with Gasteiger partial charge in [-0.25, -0.2) is 4.68 Å². The van der Waals surface area contributed by atoms with Gasteiger partial charge in [-0.3, -0.25) is 14.5 Å². The molecule has 34 heavy (non-hydrogen) atoms. The Labute approximate surface area is 202 Å². The number of piperidine rings is 1. The zero-order chi connectivity index (χ0) is 24.4. The van der Waals surface area contributed by atoms with Crippen molar-refractivity contribution in [3.05, 3.63) is 63.9 Å². The Morgan fingerprint density at radius 3 is 2.41 bits per heavy atom. The summed E-state index contributed by atoms with van der Waals surface area (Å²) in [5.41, 5.74) is 4.12. The number of carbonyl (C=O) groups excluding carboxylic acids is 1. The third kappa shape index (κ3) is 5.07. The van der Waals surface area contributed by atoms with Crippen LogP contribution in [0.3, 0.4) is 0 Å². The second-order valence-electron chi connectivity index (χ2n) is 10.1. The zero-order valence-electron chi connectivity index (χ0n) is 21.0. The molecular formula is C28H36N4O2. The minimum atomic E-state index is -0.0738. The molecule has 2 aromatic carbocycles. The molecule has 1 atom stereocenters. The topological polar surface area (TPSA) is 67.2 Å². The maximum atomic E-state index is 13.3. The van der Waals surface area contributed by atoms with Gasteiger partial charge < -0.3 is 5.32 Å². The van der Waals surface area contributed by atoms with E-state index in [-0.39, 0.29) is 23.4 Å². The van der Waals surface area contributed by atoms with Crippen LogP contribution in [-0.2, 0) is 11.5 Å². The molecule has 0 spiro atoms. The number of benzene rings is 2. The molecule has 1 aliphatic rings. The van der Waals surface area contributed by atoms with Crippen molar-refractivity contribution >= 4 is 16.7 Å². The first-order valence-electron chi connectivity index (χ1n) is 12.3. The molecule has 1 aliphatic heterocycles. The van der Waals surface area contributed by atoms with Crippen LogP contribution in [0.5, 0.6) is 0 Å². The maximum absolute atomic E-state index is 13.3. The van der Waals surface area contributed by atoms with Crippen LogP contribution in [0.4, 0.5) is 0 Å². The van der Waals surface area contributed by atoms with Gasteiger partial charge in [0.2, 0.25) is 5.91 Å². The molecule has 6 nitrogen and oxygen atoms in total. The molecule has 1 aromatic heterocycles. The third-order valence-electron chi connectivity index (χ3n) is 7.18. The molecule has 180 valence electrons. The lowest BCUT2D eigenvalue weighted by Crippen LogP contribution is -2.45. The van der Waals surface area contributed by atoms with Gasteiger partial charge in [0.15, 0.2) is 0 Å². The summed E-state index contributed by atoms with van der Waals surface area (Å²) in [6.45, 7) is 12.4. The van der Waals surface area contributed by atoms with Gasteiger partial charge in [-0.05, 0) is 57.2 Å². The highest BCUT2D eigenvalue weighted by Crippen LogP contribution is 2.28. The second-order valence-corrected chi connectivity index (χ2v) is 10.1. The maximum Gasteiger partial charge on any atom is 0.275 e. The van der Waals surface area contributed by atoms with Gasteiger partial charge in [-0.15, -0.1) is 0 Å². The monoisotopic (exact) mass is 460 g/mol. The average molecular weight is 461 g/mol. The Morgan fingerprint density at radius 1 is 1.06 bits per heavy atom. The van der Waals surface area contributed by atoms with Crippen LogP contribution in [0.1, 0.15) is 44.7 Å². The number of likely N-dealkylation sites (tertiary alicyclic amines) is 1. The highest BCUT2D eigenvalue weighted by atomic mass is 16.2. The quantitative estimate of drug-likeness (QED) is 0.588. The number of carbonyl (C=O) groups is 1. The largest absolute Gasteiger partial charge is 0.353 e. The van der Waals surface area contributed by atoms with Gasteiger partial charge in [-0.2, -0.15) is 5.10 Å². The average Bonchev–Trinajstić information content (AvgIpc) is 2.83. The highest BCUT2D eigenvalue weighted by Gasteiger charge is 2.27. The van der Waals surface area contributed by atoms with Crippen LogP contribution in [-0.4, -0.2) is 39.7 Å². The van der Waals surface area contributed by atoms with Crippen LogP contribution in [0.2, 0.25) is 0 Å². The van der Waals surface area contributed by atoms with Gasteiger partial charge >= 0.3 is 0 Å². The van der Waals surface area contributed by atoms with Crippen molar-refractivity contribution < 1.29 is 4.79 Å². The number of hydrogen-bond acceptors (Lipinski definition) is 4. The fourth-order valence-electron chi connectivity index (χ4n) is 4.56. The SMILES string of the molecule is Cc1ccc(C)c(-c2nn(CN3CCC(C(=O)NC(C)C(C)C)CC3)c(=O)c3ccccc23)c1. The van der Waals surface area contributed by atoms with E-state index in [1.807, 2.05) is 24.3 Å². The number of rotatable bonds is 6. The summed E-state index contributed by atoms with van der Waals surface area (Å²) in [5.74, 6) is 0.601. The molecule has 6 heteroatoms. The minimum absolute atomic E-state index is 0.0317. The van der Waals surface area contributed by atoms with Crippen LogP contribution >= 0.6 is 0 Å². The summed E-state index contributed by atoms with van der Waals surface area (Å²) < 4.78 is 1.60. The molecule has 0 aliphatic carbocycles. The Bertz CT molecular complexity index is 1240. The van der Waals surface area contributed by atoms with Gasteiger partial charge in [-0.1, -0.05) is 49.7 Å². The fraction of sp³-hybridized carbons (Fsp3) is 0.464. The number of nitrogens with one attached hydrogen (secondary N) is 1. The van der Waals surface area contributed by atoms with Crippen molar-refractivity contribution in [2.24, 2.45) is 11.8 Å². The molecule has 1 fully saturated rings. The number of amides is 1. The first-order chi connectivity index (χ1) is 16.2. The summed E-state index contributed by atoms with van der Waals surface area (Å²) in [6.07, 6.45) is 1.59. The van der Waals surface area contributed by atoms with E-state index in [4.69, 9.17) is 5.10 Å². The summed E-state index contributed by atoms with van der Waals surface area (Å²) in [4.78, 5) is 28.2. The molecule has 1 N–H and O–H groups in total. The van der Waals surface area contributed by atoms with Crippen LogP contribution in [0.25, 0.3) is 22.0 Å². The molecule has 1 amide bonds. The van der Waals surface area contributed by atoms with Crippen LogP contribution < -0.4 is 10.9 Å². The smallest absolute Gasteiger partial charge is 0.275 e. The molecule has 2 heterocycles. The van der Waals surface area contributed by atoms with E-state index in [1.165, 1.54) is 0 Å². The van der Waals surface area contributed by atoms with E-state index < -0.39 is 0 Å². The molecule has 3 aromatic rings. The highest BCUT2D eigenvalue weighted by molar-refractivity contribution is 5.94. The summed E-state index contributed by atoms with van der Waals surface area (Å²) in [7, 11) is 0. The third-order valence-corrected chi connectivity index (χ3v) is 7.18. The van der Waals surface area contributed by atoms with E-state index in [1.54, 1.807) is 4.68 Å². The Kier molecular flexibility index (Phi) is 7.17. The van der Waals surface area contributed by atoms with Crippen molar-refractivity contribution in [3.8, 4) is 11.3 Å². The van der Waals surface area contributed by atoms with Gasteiger partial charge in [0, 0.05) is 36.0 Å². The van der Waals surface area contributed by atoms with E-state index >= 15 is 0 Å². The lowest BCUT2D eigenvalue weighted by atomic mass is 9.95. The summed E-state index contributed by atoms with van der Waals surface area (Å²) in [6, 6.07) is 14.2. The molecular weight excluding hydrogens is 424 g/mol. The second kappa shape index (κ2) is 10.1. The van der Waals surface area contributed by atoms with E-state index in [9.17, 15) is 9.59 Å². The molecule has 4 rings (SSSR count). The lowest BCUT2D eigenvalue weighted by molar-refractivity contribution is -0.127. The number of nitrogens with zero attached hydrogens (tertiary/aromatic N) is 3. The zero-order valence-corrected chi connectivity index (χ0v) is 21.0. The molecule has 1 unspecified atom stereocenters. The lowest BCUT2D eigenvalue weighted by Gasteiger charge is -2.32. The predicted molar refractivity (Wildman–Crippen MR) is 138 cm³/mol. The summed E-state index contributed by atoms with van der Waals surface area (Å²) in [5, 5.41) is 9.58. The van der Waals surface area contributed by atoms with Gasteiger partial charge in [0.1, 0.15) is 0 Å². The number of hydrogen-bond donors (Lipinski definition) is 1. The molecule has 0 bridgehead atoms. The van der Waals surface area contributed by atoms with Gasteiger partial charge in [0.05, 0.1) is 17.7 Å². The first-order valence-corrected chi connectivity index (χ1v) is 12.3. The first kappa shape index (κ1) is 24.1. The minimum Gasteiger partial charge on any atom is -0.353 e. The predicted octanol–water partition coefficient (Wildman–Crippen LogP) is 4.51. The van der Waals surface area contributed by atoms with Crippen LogP contribution in [0.15, 0.2) is 47.3 Å². The van der Waals surface area contributed by atoms with Crippen molar-refractivity contribution in [2.75, 3.05) is 13.1 Å². The Morgan fingerprint density at radius 2 is 1.74 bits per heavy atom. The van der Waals surface area contributed by atoms with Crippen molar-refractivity contribution in [1.29, 1.82) is 0 Å². The normalized spacial score (nSPS) is 16.2. The van der Waals surface area contributed by atoms with E-state index in [0.29, 0.717) is 18.0 Å². The van der Waals surface area contributed by atoms with Crippen molar-refractivity contribution in [1.82, 2.24) is 20.0 Å². The van der Waals surface area contributed by atoms with E-state index in [0.717, 1.165) is 53.7 Å². The fourth-order valence-corrected chi connectivity index (χ4v) is 4.56. The number of fused-ring (bicyclic) bond motifs is 1. The van der Waals surface area contributed by atoms with Gasteiger partial charge in [0.25, 0.3) is 5.56 Å².